The van der Waals surface area contributed by atoms with E-state index in [9.17, 15) is 4.79 Å². The van der Waals surface area contributed by atoms with Crippen LogP contribution in [0.5, 0.6) is 11.5 Å². The Hall–Kier alpha value is -1.56. The SMILES string of the molecule is C[C@]12CCCC[C@H]1[C@@H]2C(=O)N/N=C/c1cc2c(cc1Br)OCO2. The minimum atomic E-state index is 0.0486. The molecule has 1 aromatic carbocycles. The molecular weight excluding hydrogens is 360 g/mol. The number of amides is 1. The van der Waals surface area contributed by atoms with E-state index in [1.165, 1.54) is 19.3 Å². The number of carbonyl (C=O) groups is 1. The maximum Gasteiger partial charge on any atom is 0.244 e. The fourth-order valence-corrected chi connectivity index (χ4v) is 4.54. The third-order valence-electron chi connectivity index (χ3n) is 5.48. The van der Waals surface area contributed by atoms with Gasteiger partial charge in [-0.15, -0.1) is 0 Å². The second-order valence-electron chi connectivity index (χ2n) is 6.80. The molecule has 2 aliphatic carbocycles. The summed E-state index contributed by atoms with van der Waals surface area (Å²) in [5.74, 6) is 2.13. The standard InChI is InChI=1S/C17H19BrN2O3/c1-17-5-3-2-4-11(17)15(17)16(21)20-19-8-10-6-13-14(7-12(10)18)23-9-22-13/h6-8,11,15H,2-5,9H2,1H3,(H,20,21)/b19-8+/t11-,15+,17-/m0/s1. The molecule has 3 atom stereocenters. The first-order valence-electron chi connectivity index (χ1n) is 8.02. The van der Waals surface area contributed by atoms with Gasteiger partial charge in [0.2, 0.25) is 12.7 Å². The van der Waals surface area contributed by atoms with E-state index in [0.29, 0.717) is 17.4 Å². The van der Waals surface area contributed by atoms with Gasteiger partial charge in [0, 0.05) is 16.0 Å². The largest absolute Gasteiger partial charge is 0.454 e. The fourth-order valence-electron chi connectivity index (χ4n) is 4.12. The Morgan fingerprint density at radius 3 is 2.91 bits per heavy atom. The van der Waals surface area contributed by atoms with Crippen LogP contribution in [0.15, 0.2) is 21.7 Å². The van der Waals surface area contributed by atoms with E-state index in [-0.39, 0.29) is 24.0 Å². The van der Waals surface area contributed by atoms with Gasteiger partial charge in [0.05, 0.1) is 6.21 Å². The van der Waals surface area contributed by atoms with Gasteiger partial charge in [-0.3, -0.25) is 4.79 Å². The minimum Gasteiger partial charge on any atom is -0.454 e. The van der Waals surface area contributed by atoms with Crippen LogP contribution in [0.4, 0.5) is 0 Å². The van der Waals surface area contributed by atoms with Gasteiger partial charge in [0.1, 0.15) is 0 Å². The lowest BCUT2D eigenvalue weighted by Crippen LogP contribution is -2.22. The van der Waals surface area contributed by atoms with Crippen molar-refractivity contribution >= 4 is 28.1 Å². The lowest BCUT2D eigenvalue weighted by molar-refractivity contribution is -0.123. The Kier molecular flexibility index (Phi) is 3.59. The number of fused-ring (bicyclic) bond motifs is 2. The van der Waals surface area contributed by atoms with Crippen molar-refractivity contribution in [2.45, 2.75) is 32.6 Å². The van der Waals surface area contributed by atoms with E-state index in [1.54, 1.807) is 6.21 Å². The molecule has 0 aromatic heterocycles. The molecule has 1 heterocycles. The monoisotopic (exact) mass is 378 g/mol. The van der Waals surface area contributed by atoms with E-state index in [2.05, 4.69) is 33.4 Å². The highest BCUT2D eigenvalue weighted by Gasteiger charge is 2.64. The van der Waals surface area contributed by atoms with Crippen molar-refractivity contribution < 1.29 is 14.3 Å². The van der Waals surface area contributed by atoms with Gasteiger partial charge in [0.15, 0.2) is 11.5 Å². The summed E-state index contributed by atoms with van der Waals surface area (Å²) in [6, 6.07) is 3.70. The Morgan fingerprint density at radius 1 is 1.39 bits per heavy atom. The van der Waals surface area contributed by atoms with Crippen LogP contribution in [0.2, 0.25) is 0 Å². The van der Waals surface area contributed by atoms with E-state index < -0.39 is 0 Å². The first-order valence-corrected chi connectivity index (χ1v) is 8.81. The third kappa shape index (κ3) is 2.53. The van der Waals surface area contributed by atoms with Crippen LogP contribution in [0.1, 0.15) is 38.2 Å². The molecule has 122 valence electrons. The van der Waals surface area contributed by atoms with Gasteiger partial charge in [-0.1, -0.05) is 19.8 Å². The normalized spacial score (nSPS) is 31.0. The zero-order valence-electron chi connectivity index (χ0n) is 13.0. The number of benzene rings is 1. The second-order valence-corrected chi connectivity index (χ2v) is 7.65. The van der Waals surface area contributed by atoms with Crippen LogP contribution in [0, 0.1) is 17.3 Å². The average Bonchev–Trinajstić information content (AvgIpc) is 2.91. The molecule has 1 amide bonds. The Bertz CT molecular complexity index is 691. The average molecular weight is 379 g/mol. The van der Waals surface area contributed by atoms with Crippen LogP contribution < -0.4 is 14.9 Å². The molecular formula is C17H19BrN2O3. The molecule has 0 unspecified atom stereocenters. The predicted octanol–water partition coefficient (Wildman–Crippen LogP) is 3.45. The lowest BCUT2D eigenvalue weighted by atomic mass is 9.90. The summed E-state index contributed by atoms with van der Waals surface area (Å²) in [6.07, 6.45) is 6.46. The molecule has 1 aliphatic heterocycles. The van der Waals surface area contributed by atoms with Crippen LogP contribution in [0.3, 0.4) is 0 Å². The van der Waals surface area contributed by atoms with E-state index >= 15 is 0 Å². The molecule has 3 aliphatic rings. The molecule has 23 heavy (non-hydrogen) atoms. The van der Waals surface area contributed by atoms with Gasteiger partial charge in [-0.25, -0.2) is 5.43 Å². The van der Waals surface area contributed by atoms with Crippen molar-refractivity contribution in [2.24, 2.45) is 22.4 Å². The fraction of sp³-hybridized carbons (Fsp3) is 0.529. The van der Waals surface area contributed by atoms with Crippen LogP contribution in [-0.2, 0) is 4.79 Å². The molecule has 4 rings (SSSR count). The molecule has 2 saturated carbocycles. The third-order valence-corrected chi connectivity index (χ3v) is 6.17. The van der Waals surface area contributed by atoms with E-state index in [4.69, 9.17) is 9.47 Å². The quantitative estimate of drug-likeness (QED) is 0.647. The first-order chi connectivity index (χ1) is 11.1. The van der Waals surface area contributed by atoms with Gasteiger partial charge in [0.25, 0.3) is 0 Å². The number of hydrazone groups is 1. The molecule has 2 fully saturated rings. The van der Waals surface area contributed by atoms with E-state index in [1.807, 2.05) is 12.1 Å². The highest BCUT2D eigenvalue weighted by Crippen LogP contribution is 2.66. The zero-order valence-corrected chi connectivity index (χ0v) is 14.6. The number of rotatable bonds is 3. The van der Waals surface area contributed by atoms with Gasteiger partial charge >= 0.3 is 0 Å². The minimum absolute atomic E-state index is 0.0486. The summed E-state index contributed by atoms with van der Waals surface area (Å²) in [6.45, 7) is 2.47. The number of ether oxygens (including phenoxy) is 2. The lowest BCUT2D eigenvalue weighted by Gasteiger charge is -2.15. The Labute approximate surface area is 143 Å². The van der Waals surface area contributed by atoms with Gasteiger partial charge in [-0.05, 0) is 52.2 Å². The smallest absolute Gasteiger partial charge is 0.244 e. The predicted molar refractivity (Wildman–Crippen MR) is 89.6 cm³/mol. The number of nitrogens with zero attached hydrogens (tertiary/aromatic N) is 1. The molecule has 1 aromatic rings. The van der Waals surface area contributed by atoms with Crippen molar-refractivity contribution in [1.82, 2.24) is 5.43 Å². The summed E-state index contributed by atoms with van der Waals surface area (Å²) >= 11 is 3.48. The maximum absolute atomic E-state index is 12.4. The van der Waals surface area contributed by atoms with Crippen LogP contribution in [-0.4, -0.2) is 18.9 Å². The molecule has 0 spiro atoms. The van der Waals surface area contributed by atoms with Gasteiger partial charge in [-0.2, -0.15) is 5.10 Å². The molecule has 1 N–H and O–H groups in total. The summed E-state index contributed by atoms with van der Waals surface area (Å²) in [5.41, 5.74) is 3.75. The number of nitrogens with one attached hydrogen (secondary N) is 1. The number of halogens is 1. The van der Waals surface area contributed by atoms with Crippen molar-refractivity contribution in [3.05, 3.63) is 22.2 Å². The summed E-state index contributed by atoms with van der Waals surface area (Å²) in [5, 5.41) is 4.13. The number of hydrogen-bond acceptors (Lipinski definition) is 4. The number of carbonyl (C=O) groups excluding carboxylic acids is 1. The molecule has 5 nitrogen and oxygen atoms in total. The van der Waals surface area contributed by atoms with Crippen molar-refractivity contribution in [3.63, 3.8) is 0 Å². The summed E-state index contributed by atoms with van der Waals surface area (Å²) in [7, 11) is 0. The maximum atomic E-state index is 12.4. The molecule has 6 heteroatoms. The summed E-state index contributed by atoms with van der Waals surface area (Å²) in [4.78, 5) is 12.4. The number of hydrogen-bond donors (Lipinski definition) is 1. The highest BCUT2D eigenvalue weighted by molar-refractivity contribution is 9.10. The van der Waals surface area contributed by atoms with Crippen LogP contribution in [0.25, 0.3) is 0 Å². The highest BCUT2D eigenvalue weighted by atomic mass is 79.9. The second kappa shape index (κ2) is 5.51. The topological polar surface area (TPSA) is 59.9 Å². The first kappa shape index (κ1) is 15.0. The van der Waals surface area contributed by atoms with Crippen molar-refractivity contribution in [1.29, 1.82) is 0 Å². The van der Waals surface area contributed by atoms with E-state index in [0.717, 1.165) is 16.5 Å². The molecule has 0 bridgehead atoms. The zero-order chi connectivity index (χ0) is 16.0. The Balaban J connectivity index is 1.41. The van der Waals surface area contributed by atoms with Crippen molar-refractivity contribution in [2.75, 3.05) is 6.79 Å². The summed E-state index contributed by atoms with van der Waals surface area (Å²) < 4.78 is 11.5. The van der Waals surface area contributed by atoms with Crippen molar-refractivity contribution in [3.8, 4) is 11.5 Å². The molecule has 0 saturated heterocycles. The Morgan fingerprint density at radius 2 is 2.17 bits per heavy atom. The van der Waals surface area contributed by atoms with Crippen LogP contribution >= 0.6 is 15.9 Å². The molecule has 0 radical (unpaired) electrons. The van der Waals surface area contributed by atoms with Gasteiger partial charge < -0.3 is 9.47 Å².